The van der Waals surface area contributed by atoms with E-state index in [-0.39, 0.29) is 24.0 Å². The van der Waals surface area contributed by atoms with E-state index in [1.165, 1.54) is 69.7 Å². The monoisotopic (exact) mass is 627 g/mol. The number of esters is 2. The first-order chi connectivity index (χ1) is 22.5. The first-order valence-electron chi connectivity index (χ1n) is 16.2. The molecule has 0 aliphatic rings. The van der Waals surface area contributed by atoms with Gasteiger partial charge < -0.3 is 14.8 Å². The highest BCUT2D eigenvalue weighted by Gasteiger charge is 2.15. The minimum Gasteiger partial charge on any atom is -0.423 e. The lowest BCUT2D eigenvalue weighted by molar-refractivity contribution is -0.126. The molecule has 0 fully saturated rings. The van der Waals surface area contributed by atoms with Crippen molar-refractivity contribution < 1.29 is 28.7 Å². The summed E-state index contributed by atoms with van der Waals surface area (Å²) >= 11 is 0. The van der Waals surface area contributed by atoms with Gasteiger partial charge in [-0.1, -0.05) is 108 Å². The Hall–Kier alpha value is -4.79. The minimum atomic E-state index is -0.619. The average molecular weight is 628 g/mol. The zero-order valence-corrected chi connectivity index (χ0v) is 26.7. The normalized spacial score (nSPS) is 10.8. The summed E-state index contributed by atoms with van der Waals surface area (Å²) in [7, 11) is 0. The van der Waals surface area contributed by atoms with E-state index in [0.29, 0.717) is 23.1 Å². The lowest BCUT2D eigenvalue weighted by Gasteiger charge is -2.10. The van der Waals surface area contributed by atoms with Crippen molar-refractivity contribution in [1.29, 1.82) is 0 Å². The summed E-state index contributed by atoms with van der Waals surface area (Å²) in [5.41, 5.74) is 3.41. The second-order valence-electron chi connectivity index (χ2n) is 11.1. The highest BCUT2D eigenvalue weighted by molar-refractivity contribution is 5.94. The van der Waals surface area contributed by atoms with Gasteiger partial charge in [-0.2, -0.15) is 5.10 Å². The first kappa shape index (κ1) is 35.7. The van der Waals surface area contributed by atoms with E-state index in [4.69, 9.17) is 9.47 Å². The van der Waals surface area contributed by atoms with Crippen molar-refractivity contribution in [1.82, 2.24) is 10.7 Å². The van der Waals surface area contributed by atoms with Crippen molar-refractivity contribution in [2.45, 2.75) is 84.0 Å². The number of rotatable bonds is 20. The van der Waals surface area contributed by atoms with Crippen LogP contribution in [0.5, 0.6) is 11.5 Å². The average Bonchev–Trinajstić information content (AvgIpc) is 3.08. The number of nitrogens with zero attached hydrogens (tertiary/aromatic N) is 1. The maximum absolute atomic E-state index is 12.8. The molecule has 244 valence electrons. The first-order valence-corrected chi connectivity index (χ1v) is 16.2. The van der Waals surface area contributed by atoms with Gasteiger partial charge in [-0.05, 0) is 42.8 Å². The van der Waals surface area contributed by atoms with Gasteiger partial charge in [0.25, 0.3) is 5.91 Å². The van der Waals surface area contributed by atoms with Crippen molar-refractivity contribution in [3.8, 4) is 11.5 Å². The topological polar surface area (TPSA) is 123 Å². The Bertz CT molecular complexity index is 1410. The Labute approximate surface area is 271 Å². The van der Waals surface area contributed by atoms with Gasteiger partial charge in [0.2, 0.25) is 5.91 Å². The van der Waals surface area contributed by atoms with E-state index >= 15 is 0 Å². The van der Waals surface area contributed by atoms with E-state index in [1.54, 1.807) is 66.7 Å². The van der Waals surface area contributed by atoms with E-state index in [1.807, 2.05) is 0 Å². The molecule has 3 rings (SSSR count). The number of hydrazone groups is 1. The summed E-state index contributed by atoms with van der Waals surface area (Å²) in [6.07, 6.45) is 14.9. The predicted molar refractivity (Wildman–Crippen MR) is 179 cm³/mol. The van der Waals surface area contributed by atoms with Crippen LogP contribution in [-0.2, 0) is 9.59 Å². The van der Waals surface area contributed by atoms with Crippen molar-refractivity contribution in [2.24, 2.45) is 5.10 Å². The zero-order valence-electron chi connectivity index (χ0n) is 26.7. The van der Waals surface area contributed by atoms with Crippen LogP contribution in [-0.4, -0.2) is 36.5 Å². The number of carbonyl (C=O) groups is 4. The molecule has 0 unspecified atom stereocenters. The van der Waals surface area contributed by atoms with Gasteiger partial charge in [0.15, 0.2) is 0 Å². The molecule has 0 radical (unpaired) electrons. The van der Waals surface area contributed by atoms with Crippen molar-refractivity contribution >= 4 is 30.0 Å². The van der Waals surface area contributed by atoms with E-state index in [0.717, 1.165) is 19.3 Å². The summed E-state index contributed by atoms with van der Waals surface area (Å²) in [5, 5.41) is 6.57. The van der Waals surface area contributed by atoms with Gasteiger partial charge >= 0.3 is 11.9 Å². The molecule has 46 heavy (non-hydrogen) atoms. The smallest absolute Gasteiger partial charge is 0.343 e. The summed E-state index contributed by atoms with van der Waals surface area (Å²) in [6.45, 7) is 2.02. The lowest BCUT2D eigenvalue weighted by Crippen LogP contribution is -2.34. The van der Waals surface area contributed by atoms with Crippen LogP contribution in [0.4, 0.5) is 0 Å². The largest absolute Gasteiger partial charge is 0.423 e. The molecule has 0 bridgehead atoms. The Kier molecular flexibility index (Phi) is 16.3. The fourth-order valence-electron chi connectivity index (χ4n) is 4.68. The van der Waals surface area contributed by atoms with Crippen LogP contribution in [0, 0.1) is 0 Å². The maximum Gasteiger partial charge on any atom is 0.343 e. The fourth-order valence-corrected chi connectivity index (χ4v) is 4.68. The fraction of sp³-hybridized carbons (Fsp3) is 0.378. The van der Waals surface area contributed by atoms with E-state index < -0.39 is 17.8 Å². The van der Waals surface area contributed by atoms with E-state index in [9.17, 15) is 19.2 Å². The highest BCUT2D eigenvalue weighted by atomic mass is 16.5. The number of hydrogen-bond donors (Lipinski definition) is 2. The van der Waals surface area contributed by atoms with Crippen molar-refractivity contribution in [2.75, 3.05) is 6.54 Å². The van der Waals surface area contributed by atoms with Crippen LogP contribution < -0.4 is 20.2 Å². The van der Waals surface area contributed by atoms with Gasteiger partial charge in [0, 0.05) is 18.1 Å². The third-order valence-corrected chi connectivity index (χ3v) is 7.26. The molecule has 0 aliphatic carbocycles. The standard InChI is InChI=1S/C37H45N3O6/c1-2-3-4-5-6-7-8-9-10-11-18-23-34(41)38-28-35(42)40-39-27-31-24-25-32(45-36(43)29-19-14-12-15-20-29)26-33(31)46-37(44)30-21-16-13-17-22-30/h12-17,19-22,24-27H,2-11,18,23,28H2,1H3,(H,38,41)(H,40,42)/b39-27-. The number of unbranched alkanes of at least 4 members (excludes halogenated alkanes) is 10. The number of carbonyl (C=O) groups excluding carboxylic acids is 4. The molecule has 3 aromatic carbocycles. The molecular formula is C37H45N3O6. The summed E-state index contributed by atoms with van der Waals surface area (Å²) < 4.78 is 11.1. The van der Waals surface area contributed by atoms with Gasteiger partial charge in [-0.15, -0.1) is 0 Å². The molecule has 0 saturated carbocycles. The van der Waals surface area contributed by atoms with Crippen LogP contribution in [0.3, 0.4) is 0 Å². The summed E-state index contributed by atoms with van der Waals surface area (Å²) in [6, 6.07) is 21.4. The van der Waals surface area contributed by atoms with Crippen LogP contribution in [0.15, 0.2) is 84.0 Å². The van der Waals surface area contributed by atoms with Gasteiger partial charge in [0.05, 0.1) is 23.9 Å². The zero-order chi connectivity index (χ0) is 32.8. The molecule has 9 heteroatoms. The Morgan fingerprint density at radius 3 is 1.78 bits per heavy atom. The Morgan fingerprint density at radius 1 is 0.652 bits per heavy atom. The van der Waals surface area contributed by atoms with E-state index in [2.05, 4.69) is 22.8 Å². The number of hydrogen-bond acceptors (Lipinski definition) is 7. The molecule has 0 aromatic heterocycles. The second-order valence-corrected chi connectivity index (χ2v) is 11.1. The van der Waals surface area contributed by atoms with Crippen molar-refractivity contribution in [3.05, 3.63) is 95.6 Å². The van der Waals surface area contributed by atoms with Crippen LogP contribution in [0.25, 0.3) is 0 Å². The third-order valence-electron chi connectivity index (χ3n) is 7.26. The number of amides is 2. The maximum atomic E-state index is 12.8. The second kappa shape index (κ2) is 21.0. The summed E-state index contributed by atoms with van der Waals surface area (Å²) in [4.78, 5) is 49.7. The minimum absolute atomic E-state index is 0.0745. The molecule has 0 saturated heterocycles. The van der Waals surface area contributed by atoms with Crippen molar-refractivity contribution in [3.63, 3.8) is 0 Å². The van der Waals surface area contributed by atoms with Crippen LogP contribution in [0.1, 0.15) is 110 Å². The highest BCUT2D eigenvalue weighted by Crippen LogP contribution is 2.26. The molecule has 0 aliphatic heterocycles. The SMILES string of the molecule is CCCCCCCCCCCCCC(=O)NCC(=O)N/N=C\c1ccc(OC(=O)c2ccccc2)cc1OC(=O)c1ccccc1. The quantitative estimate of drug-likeness (QED) is 0.0443. The summed E-state index contributed by atoms with van der Waals surface area (Å²) in [5.74, 6) is -1.63. The lowest BCUT2D eigenvalue weighted by atomic mass is 10.1. The number of nitrogens with one attached hydrogen (secondary N) is 2. The van der Waals surface area contributed by atoms with Crippen LogP contribution in [0.2, 0.25) is 0 Å². The molecule has 0 spiro atoms. The number of ether oxygens (including phenoxy) is 2. The van der Waals surface area contributed by atoms with Gasteiger partial charge in [-0.3, -0.25) is 9.59 Å². The molecule has 9 nitrogen and oxygen atoms in total. The number of benzene rings is 3. The third kappa shape index (κ3) is 13.9. The molecule has 2 N–H and O–H groups in total. The van der Waals surface area contributed by atoms with Gasteiger partial charge in [0.1, 0.15) is 11.5 Å². The molecule has 2 amide bonds. The Balaban J connectivity index is 1.45. The van der Waals surface area contributed by atoms with Crippen LogP contribution >= 0.6 is 0 Å². The Morgan fingerprint density at radius 2 is 1.20 bits per heavy atom. The predicted octanol–water partition coefficient (Wildman–Crippen LogP) is 7.39. The molecular weight excluding hydrogens is 582 g/mol. The molecule has 0 heterocycles. The molecule has 3 aromatic rings. The van der Waals surface area contributed by atoms with Gasteiger partial charge in [-0.25, -0.2) is 15.0 Å². The molecule has 0 atom stereocenters.